The SMILES string of the molecule is O=C(CCOc1ccccc1)N1C[C@@H]2COCC[C@]2(C(=O)O)C1. The lowest BCUT2D eigenvalue weighted by molar-refractivity contribution is -0.157. The minimum Gasteiger partial charge on any atom is -0.493 e. The third-order valence-electron chi connectivity index (χ3n) is 4.81. The van der Waals surface area contributed by atoms with Crippen molar-refractivity contribution in [1.29, 1.82) is 0 Å². The first-order chi connectivity index (χ1) is 11.1. The van der Waals surface area contributed by atoms with Crippen molar-refractivity contribution < 1.29 is 24.2 Å². The second kappa shape index (κ2) is 6.58. The van der Waals surface area contributed by atoms with Gasteiger partial charge in [0.05, 0.1) is 25.0 Å². The van der Waals surface area contributed by atoms with E-state index in [1.807, 2.05) is 30.3 Å². The molecule has 2 heterocycles. The van der Waals surface area contributed by atoms with Gasteiger partial charge in [-0.05, 0) is 18.6 Å². The number of rotatable bonds is 5. The van der Waals surface area contributed by atoms with Gasteiger partial charge in [0.25, 0.3) is 0 Å². The molecular formula is C17H21NO5. The molecule has 2 saturated heterocycles. The van der Waals surface area contributed by atoms with Gasteiger partial charge in [-0.1, -0.05) is 18.2 Å². The largest absolute Gasteiger partial charge is 0.493 e. The number of carboxylic acids is 1. The summed E-state index contributed by atoms with van der Waals surface area (Å²) in [6.45, 7) is 1.89. The first-order valence-electron chi connectivity index (χ1n) is 7.88. The average Bonchev–Trinajstić information content (AvgIpc) is 2.97. The molecule has 0 saturated carbocycles. The molecule has 2 fully saturated rings. The lowest BCUT2D eigenvalue weighted by Crippen LogP contribution is -2.45. The van der Waals surface area contributed by atoms with Gasteiger partial charge in [-0.2, -0.15) is 0 Å². The standard InChI is InChI=1S/C17H21NO5/c19-15(6-8-23-14-4-2-1-3-5-14)18-10-13-11-22-9-7-17(13,12-18)16(20)21/h1-5,13H,6-12H2,(H,20,21)/t13-,17+/m1/s1. The normalized spacial score (nSPS) is 26.6. The van der Waals surface area contributed by atoms with Crippen LogP contribution in [0.1, 0.15) is 12.8 Å². The van der Waals surface area contributed by atoms with E-state index in [9.17, 15) is 14.7 Å². The zero-order valence-electron chi connectivity index (χ0n) is 12.9. The second-order valence-corrected chi connectivity index (χ2v) is 6.17. The molecule has 23 heavy (non-hydrogen) atoms. The molecule has 1 aromatic rings. The summed E-state index contributed by atoms with van der Waals surface area (Å²) in [5.74, 6) is -0.267. The Morgan fingerprint density at radius 3 is 2.83 bits per heavy atom. The Kier molecular flexibility index (Phi) is 4.52. The lowest BCUT2D eigenvalue weighted by atomic mass is 9.74. The van der Waals surface area contributed by atoms with Crippen molar-refractivity contribution in [3.63, 3.8) is 0 Å². The fourth-order valence-corrected chi connectivity index (χ4v) is 3.42. The summed E-state index contributed by atoms with van der Waals surface area (Å²) in [5.41, 5.74) is -0.839. The smallest absolute Gasteiger partial charge is 0.311 e. The Morgan fingerprint density at radius 2 is 2.13 bits per heavy atom. The summed E-state index contributed by atoms with van der Waals surface area (Å²) < 4.78 is 10.9. The maximum absolute atomic E-state index is 12.4. The second-order valence-electron chi connectivity index (χ2n) is 6.17. The zero-order chi connectivity index (χ0) is 16.3. The molecule has 6 heteroatoms. The molecular weight excluding hydrogens is 298 g/mol. The summed E-state index contributed by atoms with van der Waals surface area (Å²) in [6, 6.07) is 9.33. The van der Waals surface area contributed by atoms with Gasteiger partial charge in [0.1, 0.15) is 5.75 Å². The number of carboxylic acid groups (broad SMARTS) is 1. The molecule has 0 radical (unpaired) electrons. The Morgan fingerprint density at radius 1 is 1.35 bits per heavy atom. The fourth-order valence-electron chi connectivity index (χ4n) is 3.42. The quantitative estimate of drug-likeness (QED) is 0.888. The molecule has 2 aliphatic heterocycles. The number of benzene rings is 1. The maximum Gasteiger partial charge on any atom is 0.311 e. The van der Waals surface area contributed by atoms with Crippen molar-refractivity contribution in [2.75, 3.05) is 32.9 Å². The number of para-hydroxylation sites is 1. The molecule has 1 amide bonds. The van der Waals surface area contributed by atoms with E-state index in [0.29, 0.717) is 32.8 Å². The van der Waals surface area contributed by atoms with E-state index >= 15 is 0 Å². The number of nitrogens with zero attached hydrogens (tertiary/aromatic N) is 1. The van der Waals surface area contributed by atoms with Crippen molar-refractivity contribution in [3.8, 4) is 5.75 Å². The van der Waals surface area contributed by atoms with Gasteiger partial charge in [-0.3, -0.25) is 9.59 Å². The monoisotopic (exact) mass is 319 g/mol. The topological polar surface area (TPSA) is 76.1 Å². The average molecular weight is 319 g/mol. The van der Waals surface area contributed by atoms with E-state index in [0.717, 1.165) is 5.75 Å². The number of likely N-dealkylation sites (tertiary alicyclic amines) is 1. The predicted molar refractivity (Wildman–Crippen MR) is 82.1 cm³/mol. The number of fused-ring (bicyclic) bond motifs is 1. The Labute approximate surface area is 135 Å². The zero-order valence-corrected chi connectivity index (χ0v) is 12.9. The van der Waals surface area contributed by atoms with Crippen LogP contribution in [0.25, 0.3) is 0 Å². The van der Waals surface area contributed by atoms with Crippen LogP contribution in [0.4, 0.5) is 0 Å². The van der Waals surface area contributed by atoms with Gasteiger partial charge in [0, 0.05) is 25.6 Å². The highest BCUT2D eigenvalue weighted by atomic mass is 16.5. The van der Waals surface area contributed by atoms with Crippen LogP contribution in [-0.2, 0) is 14.3 Å². The molecule has 0 aromatic heterocycles. The minimum atomic E-state index is -0.839. The number of ether oxygens (including phenoxy) is 2. The fraction of sp³-hybridized carbons (Fsp3) is 0.529. The summed E-state index contributed by atoms with van der Waals surface area (Å²) in [7, 11) is 0. The molecule has 3 rings (SSSR count). The van der Waals surface area contributed by atoms with Crippen LogP contribution in [0.5, 0.6) is 5.75 Å². The molecule has 0 bridgehead atoms. The van der Waals surface area contributed by atoms with Crippen LogP contribution in [0, 0.1) is 11.3 Å². The molecule has 0 aliphatic carbocycles. The van der Waals surface area contributed by atoms with Crippen molar-refractivity contribution in [2.24, 2.45) is 11.3 Å². The van der Waals surface area contributed by atoms with Crippen LogP contribution in [-0.4, -0.2) is 54.8 Å². The molecule has 124 valence electrons. The van der Waals surface area contributed by atoms with Crippen molar-refractivity contribution in [3.05, 3.63) is 30.3 Å². The number of hydrogen-bond acceptors (Lipinski definition) is 4. The van der Waals surface area contributed by atoms with Crippen molar-refractivity contribution in [2.45, 2.75) is 12.8 Å². The molecule has 6 nitrogen and oxygen atoms in total. The van der Waals surface area contributed by atoms with Crippen LogP contribution in [0.3, 0.4) is 0 Å². The summed E-state index contributed by atoms with van der Waals surface area (Å²) in [4.78, 5) is 25.7. The van der Waals surface area contributed by atoms with Gasteiger partial charge in [-0.15, -0.1) is 0 Å². The van der Waals surface area contributed by atoms with Gasteiger partial charge in [-0.25, -0.2) is 0 Å². The van der Waals surface area contributed by atoms with Crippen LogP contribution in [0.2, 0.25) is 0 Å². The number of aliphatic carboxylic acids is 1. The van der Waals surface area contributed by atoms with E-state index in [2.05, 4.69) is 0 Å². The van der Waals surface area contributed by atoms with Gasteiger partial charge in [0.15, 0.2) is 0 Å². The van der Waals surface area contributed by atoms with Crippen LogP contribution in [0.15, 0.2) is 30.3 Å². The molecule has 2 aliphatic rings. The van der Waals surface area contributed by atoms with E-state index in [1.54, 1.807) is 4.90 Å². The molecule has 2 atom stereocenters. The molecule has 1 N–H and O–H groups in total. The van der Waals surface area contributed by atoms with Gasteiger partial charge in [0.2, 0.25) is 5.91 Å². The molecule has 0 unspecified atom stereocenters. The van der Waals surface area contributed by atoms with Crippen molar-refractivity contribution >= 4 is 11.9 Å². The third-order valence-corrected chi connectivity index (χ3v) is 4.81. The highest BCUT2D eigenvalue weighted by Crippen LogP contribution is 2.42. The number of hydrogen-bond donors (Lipinski definition) is 1. The Bertz CT molecular complexity index is 576. The lowest BCUT2D eigenvalue weighted by Gasteiger charge is -2.33. The third kappa shape index (κ3) is 3.17. The summed E-state index contributed by atoms with van der Waals surface area (Å²) in [5, 5.41) is 9.61. The highest BCUT2D eigenvalue weighted by molar-refractivity contribution is 5.81. The van der Waals surface area contributed by atoms with Crippen LogP contribution < -0.4 is 4.74 Å². The van der Waals surface area contributed by atoms with E-state index < -0.39 is 11.4 Å². The highest BCUT2D eigenvalue weighted by Gasteiger charge is 2.54. The number of carbonyl (C=O) groups excluding carboxylic acids is 1. The summed E-state index contributed by atoms with van der Waals surface area (Å²) >= 11 is 0. The van der Waals surface area contributed by atoms with E-state index in [1.165, 1.54) is 0 Å². The Balaban J connectivity index is 1.55. The Hall–Kier alpha value is -2.08. The van der Waals surface area contributed by atoms with Crippen LogP contribution >= 0.6 is 0 Å². The number of carbonyl (C=O) groups is 2. The van der Waals surface area contributed by atoms with Gasteiger partial charge >= 0.3 is 5.97 Å². The molecule has 0 spiro atoms. The van der Waals surface area contributed by atoms with Crippen molar-refractivity contribution in [1.82, 2.24) is 4.90 Å². The predicted octanol–water partition coefficient (Wildman–Crippen LogP) is 1.41. The van der Waals surface area contributed by atoms with E-state index in [4.69, 9.17) is 9.47 Å². The van der Waals surface area contributed by atoms with Gasteiger partial charge < -0.3 is 19.5 Å². The number of amides is 1. The maximum atomic E-state index is 12.4. The summed E-state index contributed by atoms with van der Waals surface area (Å²) in [6.07, 6.45) is 0.718. The minimum absolute atomic E-state index is 0.0593. The molecule has 1 aromatic carbocycles. The first-order valence-corrected chi connectivity index (χ1v) is 7.88. The van der Waals surface area contributed by atoms with E-state index in [-0.39, 0.29) is 24.8 Å². The first kappa shape index (κ1) is 15.8.